The molecule has 0 atom stereocenters. The summed E-state index contributed by atoms with van der Waals surface area (Å²) in [6.45, 7) is 10.8. The molecule has 12 heteroatoms. The fraction of sp³-hybridized carbons (Fsp3) is 0.520. The molecule has 1 aromatic carbocycles. The summed E-state index contributed by atoms with van der Waals surface area (Å²) < 4.78 is 35.4. The van der Waals surface area contributed by atoms with E-state index in [1.165, 1.54) is 19.1 Å². The zero-order valence-electron chi connectivity index (χ0n) is 22.1. The largest absolute Gasteiger partial charge is 0.493 e. The minimum Gasteiger partial charge on any atom is -0.493 e. The van der Waals surface area contributed by atoms with Crippen molar-refractivity contribution in [2.45, 2.75) is 64.9 Å². The van der Waals surface area contributed by atoms with E-state index in [2.05, 4.69) is 15.0 Å². The molecule has 0 spiro atoms. The number of aromatic hydroxyl groups is 1. The Balaban J connectivity index is 2.52. The standard InChI is InChI=1S/C25H35N5O6S/c1-17-18(15-26)22(32)30(11-13-36-14-12-31)23(33)21(17)28-27-19-9-7-8-10-20(19)37(34,35)29-25(5,6)16-24(2,3)4/h7-10,29,31-32H,11-14,16H2,1-6H3. The molecule has 1 aromatic heterocycles. The Kier molecular flexibility index (Phi) is 9.73. The number of sulfonamides is 1. The van der Waals surface area contributed by atoms with Crippen LogP contribution in [0.5, 0.6) is 5.88 Å². The second kappa shape index (κ2) is 12.0. The number of nitrogens with one attached hydrogen (secondary N) is 1. The van der Waals surface area contributed by atoms with Crippen LogP contribution < -0.4 is 10.3 Å². The van der Waals surface area contributed by atoms with Gasteiger partial charge in [-0.1, -0.05) is 32.9 Å². The fourth-order valence-corrected chi connectivity index (χ4v) is 5.79. The van der Waals surface area contributed by atoms with Crippen molar-refractivity contribution >= 4 is 21.4 Å². The average Bonchev–Trinajstić information content (AvgIpc) is 2.76. The second-order valence-corrected chi connectivity index (χ2v) is 12.1. The summed E-state index contributed by atoms with van der Waals surface area (Å²) in [7, 11) is -4.01. The lowest BCUT2D eigenvalue weighted by Gasteiger charge is -2.33. The second-order valence-electron chi connectivity index (χ2n) is 10.5. The summed E-state index contributed by atoms with van der Waals surface area (Å²) in [4.78, 5) is 13.0. The Hall–Kier alpha value is -3.11. The normalized spacial score (nSPS) is 12.7. The molecule has 37 heavy (non-hydrogen) atoms. The summed E-state index contributed by atoms with van der Waals surface area (Å²) in [5.74, 6) is -0.537. The molecule has 0 unspecified atom stereocenters. The smallest absolute Gasteiger partial charge is 0.281 e. The van der Waals surface area contributed by atoms with Crippen LogP contribution in [0, 0.1) is 23.7 Å². The molecule has 0 aliphatic rings. The number of benzene rings is 1. The number of aliphatic hydroxyl groups is 1. The first-order chi connectivity index (χ1) is 17.1. The molecule has 11 nitrogen and oxygen atoms in total. The highest BCUT2D eigenvalue weighted by Crippen LogP contribution is 2.32. The number of ether oxygens (including phenoxy) is 1. The molecule has 3 N–H and O–H groups in total. The summed E-state index contributed by atoms with van der Waals surface area (Å²) in [5.41, 5.74) is -1.87. The summed E-state index contributed by atoms with van der Waals surface area (Å²) in [5, 5.41) is 36.9. The summed E-state index contributed by atoms with van der Waals surface area (Å²) >= 11 is 0. The lowest BCUT2D eigenvalue weighted by Crippen LogP contribution is -2.45. The topological polar surface area (TPSA) is 166 Å². The Bertz CT molecular complexity index is 1350. The molecule has 0 aliphatic heterocycles. The van der Waals surface area contributed by atoms with Crippen LogP contribution >= 0.6 is 0 Å². The fourth-order valence-electron chi connectivity index (χ4n) is 4.24. The lowest BCUT2D eigenvalue weighted by atomic mass is 9.82. The van der Waals surface area contributed by atoms with E-state index >= 15 is 0 Å². The number of nitrogens with zero attached hydrogens (tertiary/aromatic N) is 4. The van der Waals surface area contributed by atoms with Gasteiger partial charge in [-0.3, -0.25) is 9.36 Å². The molecule has 2 aromatic rings. The van der Waals surface area contributed by atoms with Crippen molar-refractivity contribution < 1.29 is 23.4 Å². The number of aliphatic hydroxyl groups excluding tert-OH is 1. The van der Waals surface area contributed by atoms with Gasteiger partial charge in [-0.25, -0.2) is 13.1 Å². The minimum absolute atomic E-state index is 0.00433. The van der Waals surface area contributed by atoms with Crippen LogP contribution in [0.3, 0.4) is 0 Å². The first kappa shape index (κ1) is 30.1. The molecule has 0 radical (unpaired) electrons. The van der Waals surface area contributed by atoms with Gasteiger partial charge in [0.2, 0.25) is 15.9 Å². The highest BCUT2D eigenvalue weighted by Gasteiger charge is 2.31. The Morgan fingerprint density at radius 3 is 2.38 bits per heavy atom. The molecule has 0 amide bonds. The highest BCUT2D eigenvalue weighted by atomic mass is 32.2. The number of hydrogen-bond acceptors (Lipinski definition) is 9. The van der Waals surface area contributed by atoms with Crippen molar-refractivity contribution in [3.8, 4) is 11.9 Å². The van der Waals surface area contributed by atoms with Gasteiger partial charge in [0.1, 0.15) is 22.2 Å². The van der Waals surface area contributed by atoms with Crippen molar-refractivity contribution in [1.29, 1.82) is 5.26 Å². The highest BCUT2D eigenvalue weighted by molar-refractivity contribution is 7.89. The third kappa shape index (κ3) is 7.93. The third-order valence-electron chi connectivity index (χ3n) is 5.26. The van der Waals surface area contributed by atoms with Gasteiger partial charge in [-0.05, 0) is 44.7 Å². The Labute approximate surface area is 217 Å². The van der Waals surface area contributed by atoms with Crippen LogP contribution in [-0.4, -0.2) is 48.6 Å². The van der Waals surface area contributed by atoms with E-state index in [0.29, 0.717) is 6.42 Å². The SMILES string of the molecule is Cc1c(C#N)c(O)n(CCOCCO)c(=O)c1N=Nc1ccccc1S(=O)(=O)NC(C)(C)CC(C)(C)C. The van der Waals surface area contributed by atoms with E-state index < -0.39 is 27.0 Å². The number of nitriles is 1. The van der Waals surface area contributed by atoms with Crippen LogP contribution in [0.1, 0.15) is 52.2 Å². The lowest BCUT2D eigenvalue weighted by molar-refractivity contribution is 0.0854. The first-order valence-corrected chi connectivity index (χ1v) is 13.2. The Morgan fingerprint density at radius 1 is 1.14 bits per heavy atom. The van der Waals surface area contributed by atoms with Gasteiger partial charge in [-0.15, -0.1) is 10.2 Å². The molecular formula is C25H35N5O6S. The van der Waals surface area contributed by atoms with Gasteiger partial charge < -0.3 is 14.9 Å². The monoisotopic (exact) mass is 533 g/mol. The van der Waals surface area contributed by atoms with Gasteiger partial charge in [-0.2, -0.15) is 5.26 Å². The molecule has 0 aliphatic carbocycles. The molecular weight excluding hydrogens is 498 g/mol. The maximum atomic E-state index is 13.3. The van der Waals surface area contributed by atoms with E-state index in [9.17, 15) is 23.6 Å². The number of aromatic nitrogens is 1. The molecule has 2 rings (SSSR count). The van der Waals surface area contributed by atoms with Crippen LogP contribution in [0.2, 0.25) is 0 Å². The van der Waals surface area contributed by atoms with Crippen LogP contribution in [0.25, 0.3) is 0 Å². The zero-order chi connectivity index (χ0) is 28.0. The van der Waals surface area contributed by atoms with Crippen molar-refractivity contribution in [3.63, 3.8) is 0 Å². The molecule has 0 bridgehead atoms. The quantitative estimate of drug-likeness (QED) is 0.293. The van der Waals surface area contributed by atoms with Crippen molar-refractivity contribution in [2.75, 3.05) is 19.8 Å². The maximum Gasteiger partial charge on any atom is 0.281 e. The van der Waals surface area contributed by atoms with Crippen LogP contribution in [0.4, 0.5) is 11.4 Å². The molecule has 0 fully saturated rings. The van der Waals surface area contributed by atoms with Crippen LogP contribution in [-0.2, 0) is 21.3 Å². The van der Waals surface area contributed by atoms with Crippen molar-refractivity contribution in [3.05, 3.63) is 45.7 Å². The third-order valence-corrected chi connectivity index (χ3v) is 7.00. The van der Waals surface area contributed by atoms with Gasteiger partial charge in [0.25, 0.3) is 5.56 Å². The zero-order valence-corrected chi connectivity index (χ0v) is 22.9. The average molecular weight is 534 g/mol. The molecule has 1 heterocycles. The van der Waals surface area contributed by atoms with Gasteiger partial charge in [0, 0.05) is 11.1 Å². The number of hydrogen-bond donors (Lipinski definition) is 3. The van der Waals surface area contributed by atoms with E-state index in [-0.39, 0.29) is 59.2 Å². The summed E-state index contributed by atoms with van der Waals surface area (Å²) in [6.07, 6.45) is 0.577. The van der Waals surface area contributed by atoms with E-state index in [1.807, 2.05) is 26.8 Å². The number of azo groups is 1. The summed E-state index contributed by atoms with van der Waals surface area (Å²) in [6, 6.07) is 7.85. The number of pyridine rings is 1. The minimum atomic E-state index is -4.01. The maximum absolute atomic E-state index is 13.3. The van der Waals surface area contributed by atoms with E-state index in [4.69, 9.17) is 9.84 Å². The predicted molar refractivity (Wildman–Crippen MR) is 139 cm³/mol. The van der Waals surface area contributed by atoms with Crippen molar-refractivity contribution in [2.24, 2.45) is 15.6 Å². The van der Waals surface area contributed by atoms with Gasteiger partial charge in [0.05, 0.1) is 26.4 Å². The number of rotatable bonds is 11. The molecule has 202 valence electrons. The van der Waals surface area contributed by atoms with Crippen molar-refractivity contribution in [1.82, 2.24) is 9.29 Å². The molecule has 0 saturated heterocycles. The van der Waals surface area contributed by atoms with Gasteiger partial charge >= 0.3 is 0 Å². The molecule has 0 saturated carbocycles. The van der Waals surface area contributed by atoms with E-state index in [0.717, 1.165) is 4.57 Å². The van der Waals surface area contributed by atoms with E-state index in [1.54, 1.807) is 26.0 Å². The Morgan fingerprint density at radius 2 is 1.78 bits per heavy atom. The predicted octanol–water partition coefficient (Wildman–Crippen LogP) is 3.65. The van der Waals surface area contributed by atoms with Gasteiger partial charge in [0.15, 0.2) is 5.69 Å². The first-order valence-electron chi connectivity index (χ1n) is 11.7. The van der Waals surface area contributed by atoms with Crippen LogP contribution in [0.15, 0.2) is 44.2 Å².